The van der Waals surface area contributed by atoms with Gasteiger partial charge in [-0.25, -0.2) is 9.37 Å². The quantitative estimate of drug-likeness (QED) is 0.834. The van der Waals surface area contributed by atoms with Gasteiger partial charge in [0.25, 0.3) is 5.91 Å². The predicted molar refractivity (Wildman–Crippen MR) is 75.4 cm³/mol. The summed E-state index contributed by atoms with van der Waals surface area (Å²) >= 11 is 3.31. The maximum Gasteiger partial charge on any atom is 0.259 e. The molecule has 2 rings (SSSR count). The van der Waals surface area contributed by atoms with Crippen LogP contribution in [0.25, 0.3) is 0 Å². The van der Waals surface area contributed by atoms with Gasteiger partial charge in [0.1, 0.15) is 11.6 Å². The molecule has 0 radical (unpaired) electrons. The Kier molecular flexibility index (Phi) is 3.80. The van der Waals surface area contributed by atoms with Crippen LogP contribution in [0.4, 0.5) is 15.9 Å². The number of anilines is 2. The molecule has 3 N–H and O–H groups in total. The first-order chi connectivity index (χ1) is 8.97. The molecule has 0 aliphatic heterocycles. The van der Waals surface area contributed by atoms with E-state index < -0.39 is 11.7 Å². The third-order valence-electron chi connectivity index (χ3n) is 2.50. The smallest absolute Gasteiger partial charge is 0.259 e. The highest BCUT2D eigenvalue weighted by Crippen LogP contribution is 2.18. The number of halogens is 2. The lowest BCUT2D eigenvalue weighted by atomic mass is 10.2. The summed E-state index contributed by atoms with van der Waals surface area (Å²) in [7, 11) is 0. The van der Waals surface area contributed by atoms with Gasteiger partial charge in [-0.2, -0.15) is 0 Å². The summed E-state index contributed by atoms with van der Waals surface area (Å²) < 4.78 is 14.4. The monoisotopic (exact) mass is 323 g/mol. The number of carbonyl (C=O) groups excluding carboxylic acids is 1. The zero-order chi connectivity index (χ0) is 14.0. The molecule has 1 amide bonds. The Morgan fingerprint density at radius 2 is 2.11 bits per heavy atom. The molecule has 0 saturated heterocycles. The topological polar surface area (TPSA) is 68.0 Å². The molecule has 1 heterocycles. The number of nitrogens with one attached hydrogen (secondary N) is 1. The summed E-state index contributed by atoms with van der Waals surface area (Å²) in [6, 6.07) is 7.31. The van der Waals surface area contributed by atoms with E-state index in [4.69, 9.17) is 5.73 Å². The molecule has 4 nitrogen and oxygen atoms in total. The van der Waals surface area contributed by atoms with Crippen LogP contribution in [0.15, 0.2) is 34.8 Å². The van der Waals surface area contributed by atoms with E-state index >= 15 is 0 Å². The van der Waals surface area contributed by atoms with Crippen LogP contribution < -0.4 is 11.1 Å². The Bertz CT molecular complexity index is 646. The fourth-order valence-electron chi connectivity index (χ4n) is 1.51. The number of nitrogens with two attached hydrogens (primary N) is 1. The lowest BCUT2D eigenvalue weighted by molar-refractivity contribution is 0.102. The van der Waals surface area contributed by atoms with Gasteiger partial charge >= 0.3 is 0 Å². The van der Waals surface area contributed by atoms with Gasteiger partial charge in [-0.3, -0.25) is 4.79 Å². The molecule has 1 aromatic carbocycles. The van der Waals surface area contributed by atoms with Crippen molar-refractivity contribution in [3.63, 3.8) is 0 Å². The van der Waals surface area contributed by atoms with Crippen molar-refractivity contribution in [3.8, 4) is 0 Å². The van der Waals surface area contributed by atoms with Crippen LogP contribution in [0.3, 0.4) is 0 Å². The fourth-order valence-corrected chi connectivity index (χ4v) is 1.73. The average molecular weight is 324 g/mol. The second-order valence-corrected chi connectivity index (χ2v) is 4.81. The van der Waals surface area contributed by atoms with Crippen LogP contribution in [-0.2, 0) is 0 Å². The Morgan fingerprint density at radius 1 is 1.37 bits per heavy atom. The fraction of sp³-hybridized carbons (Fsp3) is 0.0769. The summed E-state index contributed by atoms with van der Waals surface area (Å²) in [5.41, 5.74) is 6.36. The summed E-state index contributed by atoms with van der Waals surface area (Å²) in [6.07, 6.45) is 0. The van der Waals surface area contributed by atoms with Crippen LogP contribution in [0, 0.1) is 12.7 Å². The number of nitrogen functional groups attached to an aromatic ring is 1. The summed E-state index contributed by atoms with van der Waals surface area (Å²) in [5, 5.41) is 2.53. The van der Waals surface area contributed by atoms with Gasteiger partial charge in [0.15, 0.2) is 0 Å². The SMILES string of the molecule is Cc1nc(NC(=O)c2ccc(N)cc2F)ccc1Br. The van der Waals surface area contributed by atoms with Crippen LogP contribution in [0.2, 0.25) is 0 Å². The second kappa shape index (κ2) is 5.36. The second-order valence-electron chi connectivity index (χ2n) is 3.96. The number of carbonyl (C=O) groups is 1. The van der Waals surface area contributed by atoms with E-state index in [2.05, 4.69) is 26.2 Å². The number of hydrogen-bond donors (Lipinski definition) is 2. The maximum absolute atomic E-state index is 13.6. The standard InChI is InChI=1S/C13H11BrFN3O/c1-7-10(14)4-5-12(17-7)18-13(19)9-3-2-8(16)6-11(9)15/h2-6H,16H2,1H3,(H,17,18,19). The largest absolute Gasteiger partial charge is 0.399 e. The van der Waals surface area contributed by atoms with Crippen molar-refractivity contribution in [2.75, 3.05) is 11.1 Å². The number of rotatable bonds is 2. The number of amides is 1. The number of benzene rings is 1. The summed E-state index contributed by atoms with van der Waals surface area (Å²) in [5.74, 6) is -0.861. The lowest BCUT2D eigenvalue weighted by Crippen LogP contribution is -2.15. The first-order valence-electron chi connectivity index (χ1n) is 5.47. The molecule has 2 aromatic rings. The number of hydrogen-bond acceptors (Lipinski definition) is 3. The van der Waals surface area contributed by atoms with Gasteiger partial charge in [0.2, 0.25) is 0 Å². The van der Waals surface area contributed by atoms with Crippen molar-refractivity contribution < 1.29 is 9.18 Å². The summed E-state index contributed by atoms with van der Waals surface area (Å²) in [4.78, 5) is 16.1. The molecule has 98 valence electrons. The van der Waals surface area contributed by atoms with Crippen molar-refractivity contribution in [2.45, 2.75) is 6.92 Å². The third-order valence-corrected chi connectivity index (χ3v) is 3.34. The molecule has 19 heavy (non-hydrogen) atoms. The number of aromatic nitrogens is 1. The first kappa shape index (κ1) is 13.5. The predicted octanol–water partition coefficient (Wildman–Crippen LogP) is 3.13. The molecule has 0 aliphatic carbocycles. The molecular formula is C13H11BrFN3O. The van der Waals surface area contributed by atoms with E-state index in [1.165, 1.54) is 12.1 Å². The minimum absolute atomic E-state index is 0.0726. The van der Waals surface area contributed by atoms with E-state index in [0.717, 1.165) is 16.2 Å². The molecule has 0 bridgehead atoms. The molecule has 1 aromatic heterocycles. The van der Waals surface area contributed by atoms with Crippen LogP contribution >= 0.6 is 15.9 Å². The third kappa shape index (κ3) is 3.08. The molecular weight excluding hydrogens is 313 g/mol. The normalized spacial score (nSPS) is 10.3. The van der Waals surface area contributed by atoms with Gasteiger partial charge in [-0.05, 0) is 53.2 Å². The van der Waals surface area contributed by atoms with Gasteiger partial charge in [-0.15, -0.1) is 0 Å². The minimum atomic E-state index is -0.661. The van der Waals surface area contributed by atoms with Crippen molar-refractivity contribution in [1.82, 2.24) is 4.98 Å². The number of pyridine rings is 1. The molecule has 0 unspecified atom stereocenters. The Morgan fingerprint density at radius 3 is 2.74 bits per heavy atom. The van der Waals surface area contributed by atoms with Gasteiger partial charge in [-0.1, -0.05) is 0 Å². The number of nitrogens with zero attached hydrogens (tertiary/aromatic N) is 1. The Labute approximate surface area is 118 Å². The van der Waals surface area contributed by atoms with Crippen LogP contribution in [-0.4, -0.2) is 10.9 Å². The Hall–Kier alpha value is -1.95. The van der Waals surface area contributed by atoms with Crippen molar-refractivity contribution >= 4 is 33.3 Å². The highest BCUT2D eigenvalue weighted by molar-refractivity contribution is 9.10. The van der Waals surface area contributed by atoms with E-state index in [9.17, 15) is 9.18 Å². The highest BCUT2D eigenvalue weighted by Gasteiger charge is 2.12. The lowest BCUT2D eigenvalue weighted by Gasteiger charge is -2.07. The highest BCUT2D eigenvalue weighted by atomic mass is 79.9. The number of aryl methyl sites for hydroxylation is 1. The minimum Gasteiger partial charge on any atom is -0.399 e. The molecule has 0 spiro atoms. The van der Waals surface area contributed by atoms with E-state index in [0.29, 0.717) is 5.82 Å². The van der Waals surface area contributed by atoms with Crippen molar-refractivity contribution in [3.05, 3.63) is 51.9 Å². The maximum atomic E-state index is 13.6. The van der Waals surface area contributed by atoms with Crippen LogP contribution in [0.5, 0.6) is 0 Å². The van der Waals surface area contributed by atoms with Crippen LogP contribution in [0.1, 0.15) is 16.1 Å². The molecule has 0 aliphatic rings. The van der Waals surface area contributed by atoms with Gasteiger partial charge in [0, 0.05) is 10.2 Å². The van der Waals surface area contributed by atoms with Gasteiger partial charge < -0.3 is 11.1 Å². The van der Waals surface area contributed by atoms with E-state index in [-0.39, 0.29) is 11.3 Å². The van der Waals surface area contributed by atoms with Gasteiger partial charge in [0.05, 0.1) is 11.3 Å². The van der Waals surface area contributed by atoms with E-state index in [1.807, 2.05) is 0 Å². The summed E-state index contributed by atoms with van der Waals surface area (Å²) in [6.45, 7) is 1.80. The van der Waals surface area contributed by atoms with Crippen molar-refractivity contribution in [1.29, 1.82) is 0 Å². The zero-order valence-corrected chi connectivity index (χ0v) is 11.7. The average Bonchev–Trinajstić information content (AvgIpc) is 2.33. The van der Waals surface area contributed by atoms with E-state index in [1.54, 1.807) is 19.1 Å². The van der Waals surface area contributed by atoms with Crippen molar-refractivity contribution in [2.24, 2.45) is 0 Å². The molecule has 0 atom stereocenters. The zero-order valence-electron chi connectivity index (χ0n) is 10.1. The molecule has 0 saturated carbocycles. The molecule has 6 heteroatoms. The first-order valence-corrected chi connectivity index (χ1v) is 6.26. The molecule has 0 fully saturated rings. The Balaban J connectivity index is 2.23.